The Balaban J connectivity index is 2.34. The summed E-state index contributed by atoms with van der Waals surface area (Å²) in [5.74, 6) is 0.717. The van der Waals surface area contributed by atoms with E-state index in [1.54, 1.807) is 7.11 Å². The number of hydrogen-bond donors (Lipinski definition) is 1. The third-order valence-electron chi connectivity index (χ3n) is 2.46. The first-order valence-electron chi connectivity index (χ1n) is 5.78. The average molecular weight is 223 g/mol. The Hall–Kier alpha value is -1.22. The second-order valence-corrected chi connectivity index (χ2v) is 3.84. The summed E-state index contributed by atoms with van der Waals surface area (Å²) in [5, 5.41) is 0. The summed E-state index contributed by atoms with van der Waals surface area (Å²) in [4.78, 5) is 0. The van der Waals surface area contributed by atoms with Crippen LogP contribution in [0, 0.1) is 0 Å². The Kier molecular flexibility index (Phi) is 5.72. The van der Waals surface area contributed by atoms with E-state index < -0.39 is 0 Å². The van der Waals surface area contributed by atoms with Crippen LogP contribution in [-0.2, 0) is 11.3 Å². The van der Waals surface area contributed by atoms with E-state index in [0.717, 1.165) is 24.3 Å². The van der Waals surface area contributed by atoms with Gasteiger partial charge in [-0.25, -0.2) is 0 Å². The van der Waals surface area contributed by atoms with Crippen LogP contribution in [0.4, 0.5) is 5.69 Å². The van der Waals surface area contributed by atoms with Gasteiger partial charge >= 0.3 is 0 Å². The van der Waals surface area contributed by atoms with Crippen LogP contribution in [0.15, 0.2) is 18.2 Å². The number of ether oxygens (including phenoxy) is 2. The summed E-state index contributed by atoms with van der Waals surface area (Å²) in [5.41, 5.74) is 7.56. The fourth-order valence-electron chi connectivity index (χ4n) is 1.52. The normalized spacial score (nSPS) is 10.4. The molecule has 16 heavy (non-hydrogen) atoms. The van der Waals surface area contributed by atoms with Gasteiger partial charge < -0.3 is 15.2 Å². The van der Waals surface area contributed by atoms with Gasteiger partial charge in [0.15, 0.2) is 0 Å². The van der Waals surface area contributed by atoms with Gasteiger partial charge in [-0.2, -0.15) is 0 Å². The molecule has 1 rings (SSSR count). The molecule has 0 aromatic heterocycles. The van der Waals surface area contributed by atoms with Crippen molar-refractivity contribution in [3.05, 3.63) is 23.8 Å². The highest BCUT2D eigenvalue weighted by Crippen LogP contribution is 2.22. The fourth-order valence-corrected chi connectivity index (χ4v) is 1.52. The Morgan fingerprint density at radius 3 is 2.69 bits per heavy atom. The van der Waals surface area contributed by atoms with Gasteiger partial charge in [-0.05, 0) is 24.1 Å². The van der Waals surface area contributed by atoms with Crippen molar-refractivity contribution < 1.29 is 9.47 Å². The zero-order chi connectivity index (χ0) is 11.8. The molecule has 1 aromatic rings. The summed E-state index contributed by atoms with van der Waals surface area (Å²) in [6, 6.07) is 5.76. The van der Waals surface area contributed by atoms with E-state index in [-0.39, 0.29) is 0 Å². The average Bonchev–Trinajstić information content (AvgIpc) is 2.29. The first kappa shape index (κ1) is 12.8. The molecule has 0 spiro atoms. The van der Waals surface area contributed by atoms with Gasteiger partial charge in [0, 0.05) is 6.61 Å². The monoisotopic (exact) mass is 223 g/mol. The van der Waals surface area contributed by atoms with E-state index in [4.69, 9.17) is 15.2 Å². The van der Waals surface area contributed by atoms with Crippen molar-refractivity contribution in [2.45, 2.75) is 32.8 Å². The van der Waals surface area contributed by atoms with Crippen LogP contribution in [0.2, 0.25) is 0 Å². The highest BCUT2D eigenvalue weighted by molar-refractivity contribution is 5.54. The number of nitrogens with two attached hydrogens (primary N) is 1. The van der Waals surface area contributed by atoms with Crippen LogP contribution in [-0.4, -0.2) is 13.7 Å². The number of rotatable bonds is 7. The summed E-state index contributed by atoms with van der Waals surface area (Å²) in [6.45, 7) is 3.63. The van der Waals surface area contributed by atoms with Crippen molar-refractivity contribution >= 4 is 5.69 Å². The second-order valence-electron chi connectivity index (χ2n) is 3.84. The lowest BCUT2D eigenvalue weighted by atomic mass is 10.2. The molecule has 3 heteroatoms. The molecule has 0 aliphatic heterocycles. The third kappa shape index (κ3) is 4.11. The van der Waals surface area contributed by atoms with Crippen molar-refractivity contribution in [2.24, 2.45) is 0 Å². The summed E-state index contributed by atoms with van der Waals surface area (Å²) in [7, 11) is 1.62. The van der Waals surface area contributed by atoms with Gasteiger partial charge in [0.25, 0.3) is 0 Å². The fraction of sp³-hybridized carbons (Fsp3) is 0.538. The van der Waals surface area contributed by atoms with E-state index in [1.165, 1.54) is 12.8 Å². The molecule has 0 amide bonds. The standard InChI is InChI=1S/C13H21NO2/c1-3-4-5-8-16-10-11-6-7-13(15-2)12(14)9-11/h6-7,9H,3-5,8,10,14H2,1-2H3. The topological polar surface area (TPSA) is 44.5 Å². The molecule has 0 unspecified atom stereocenters. The predicted molar refractivity (Wildman–Crippen MR) is 66.6 cm³/mol. The smallest absolute Gasteiger partial charge is 0.141 e. The zero-order valence-corrected chi connectivity index (χ0v) is 10.2. The maximum absolute atomic E-state index is 5.80. The quantitative estimate of drug-likeness (QED) is 0.571. The van der Waals surface area contributed by atoms with E-state index in [0.29, 0.717) is 12.3 Å². The SMILES string of the molecule is CCCCCOCc1ccc(OC)c(N)c1. The van der Waals surface area contributed by atoms with Gasteiger partial charge in [0.1, 0.15) is 5.75 Å². The van der Waals surface area contributed by atoms with Crippen molar-refractivity contribution in [2.75, 3.05) is 19.5 Å². The lowest BCUT2D eigenvalue weighted by Crippen LogP contribution is -1.98. The van der Waals surface area contributed by atoms with E-state index >= 15 is 0 Å². The first-order valence-corrected chi connectivity index (χ1v) is 5.78. The van der Waals surface area contributed by atoms with Gasteiger partial charge in [-0.3, -0.25) is 0 Å². The maximum atomic E-state index is 5.80. The van der Waals surface area contributed by atoms with Crippen molar-refractivity contribution in [1.29, 1.82) is 0 Å². The Morgan fingerprint density at radius 1 is 1.25 bits per heavy atom. The molecule has 0 saturated carbocycles. The van der Waals surface area contributed by atoms with Gasteiger partial charge in [0.2, 0.25) is 0 Å². The molecule has 0 saturated heterocycles. The van der Waals surface area contributed by atoms with Crippen molar-refractivity contribution in [3.63, 3.8) is 0 Å². The zero-order valence-electron chi connectivity index (χ0n) is 10.2. The molecule has 90 valence electrons. The van der Waals surface area contributed by atoms with Crippen LogP contribution < -0.4 is 10.5 Å². The molecule has 0 aliphatic rings. The highest BCUT2D eigenvalue weighted by Gasteiger charge is 2.00. The van der Waals surface area contributed by atoms with Crippen LogP contribution in [0.5, 0.6) is 5.75 Å². The Morgan fingerprint density at radius 2 is 2.06 bits per heavy atom. The summed E-state index contributed by atoms with van der Waals surface area (Å²) >= 11 is 0. The molecular formula is C13H21NO2. The van der Waals surface area contributed by atoms with Crippen LogP contribution >= 0.6 is 0 Å². The number of unbranched alkanes of at least 4 members (excludes halogenated alkanes) is 2. The number of hydrogen-bond acceptors (Lipinski definition) is 3. The molecule has 0 aliphatic carbocycles. The van der Waals surface area contributed by atoms with Crippen LogP contribution in [0.3, 0.4) is 0 Å². The van der Waals surface area contributed by atoms with Gasteiger partial charge in [0.05, 0.1) is 19.4 Å². The third-order valence-corrected chi connectivity index (χ3v) is 2.46. The highest BCUT2D eigenvalue weighted by atomic mass is 16.5. The van der Waals surface area contributed by atoms with Crippen molar-refractivity contribution in [1.82, 2.24) is 0 Å². The lowest BCUT2D eigenvalue weighted by Gasteiger charge is -2.07. The Labute approximate surface area is 97.6 Å². The van der Waals surface area contributed by atoms with Crippen LogP contribution in [0.25, 0.3) is 0 Å². The molecule has 2 N–H and O–H groups in total. The largest absolute Gasteiger partial charge is 0.495 e. The second kappa shape index (κ2) is 7.12. The lowest BCUT2D eigenvalue weighted by molar-refractivity contribution is 0.117. The molecule has 0 heterocycles. The minimum absolute atomic E-state index is 0.623. The van der Waals surface area contributed by atoms with Crippen molar-refractivity contribution in [3.8, 4) is 5.75 Å². The minimum atomic E-state index is 0.623. The molecule has 0 fully saturated rings. The van der Waals surface area contributed by atoms with Gasteiger partial charge in [-0.15, -0.1) is 0 Å². The summed E-state index contributed by atoms with van der Waals surface area (Å²) < 4.78 is 10.6. The van der Waals surface area contributed by atoms with E-state index in [9.17, 15) is 0 Å². The number of benzene rings is 1. The summed E-state index contributed by atoms with van der Waals surface area (Å²) in [6.07, 6.45) is 3.58. The molecule has 1 aromatic carbocycles. The number of nitrogen functional groups attached to an aromatic ring is 1. The first-order chi connectivity index (χ1) is 7.77. The molecule has 0 radical (unpaired) electrons. The predicted octanol–water partition coefficient (Wildman–Crippen LogP) is 2.98. The van der Waals surface area contributed by atoms with Gasteiger partial charge in [-0.1, -0.05) is 25.8 Å². The molecular weight excluding hydrogens is 202 g/mol. The van der Waals surface area contributed by atoms with E-state index in [1.807, 2.05) is 18.2 Å². The number of anilines is 1. The Bertz CT molecular complexity index is 313. The molecule has 0 bridgehead atoms. The molecule has 3 nitrogen and oxygen atoms in total. The number of methoxy groups -OCH3 is 1. The van der Waals surface area contributed by atoms with Crippen LogP contribution in [0.1, 0.15) is 31.7 Å². The molecule has 0 atom stereocenters. The minimum Gasteiger partial charge on any atom is -0.495 e. The van der Waals surface area contributed by atoms with E-state index in [2.05, 4.69) is 6.92 Å². The maximum Gasteiger partial charge on any atom is 0.141 e.